The first-order valence-corrected chi connectivity index (χ1v) is 14.2. The molecule has 2 nitrogen and oxygen atoms in total. The Balaban J connectivity index is 1.67. The van der Waals surface area contributed by atoms with Gasteiger partial charge in [-0.1, -0.05) is 88.0 Å². The molecule has 0 saturated carbocycles. The zero-order valence-corrected chi connectivity index (χ0v) is 22.7. The fourth-order valence-electron chi connectivity index (χ4n) is 4.77. The zero-order valence-electron chi connectivity index (χ0n) is 21.9. The van der Waals surface area contributed by atoms with Gasteiger partial charge in [-0.25, -0.2) is 0 Å². The van der Waals surface area contributed by atoms with Crippen LogP contribution in [0, 0.1) is 0 Å². The molecule has 0 saturated heterocycles. The van der Waals surface area contributed by atoms with Crippen LogP contribution in [-0.4, -0.2) is 49.1 Å². The van der Waals surface area contributed by atoms with Crippen molar-refractivity contribution in [2.75, 3.05) is 39.3 Å². The van der Waals surface area contributed by atoms with Gasteiger partial charge >= 0.3 is 0 Å². The van der Waals surface area contributed by atoms with Crippen LogP contribution in [0.15, 0.2) is 58.3 Å². The highest BCUT2D eigenvalue weighted by atomic mass is 32.2. The topological polar surface area (TPSA) is 6.48 Å². The molecule has 0 amide bonds. The number of fused-ring (bicyclic) bond motifs is 2. The quantitative estimate of drug-likeness (QED) is 0.233. The van der Waals surface area contributed by atoms with Crippen molar-refractivity contribution < 1.29 is 0 Å². The molecule has 2 aromatic carbocycles. The van der Waals surface area contributed by atoms with E-state index in [1.165, 1.54) is 83.9 Å². The molecule has 1 aliphatic rings. The summed E-state index contributed by atoms with van der Waals surface area (Å²) >= 11 is 1.93. The van der Waals surface area contributed by atoms with Gasteiger partial charge in [0.05, 0.1) is 0 Å². The summed E-state index contributed by atoms with van der Waals surface area (Å²) in [5.74, 6) is 0. The van der Waals surface area contributed by atoms with E-state index >= 15 is 0 Å². The van der Waals surface area contributed by atoms with Gasteiger partial charge in [-0.15, -0.1) is 0 Å². The van der Waals surface area contributed by atoms with E-state index in [1.807, 2.05) is 11.8 Å². The van der Waals surface area contributed by atoms with Gasteiger partial charge in [-0.3, -0.25) is 9.80 Å². The van der Waals surface area contributed by atoms with Gasteiger partial charge in [0.15, 0.2) is 0 Å². The van der Waals surface area contributed by atoms with Crippen molar-refractivity contribution in [1.29, 1.82) is 0 Å². The maximum absolute atomic E-state index is 2.55. The van der Waals surface area contributed by atoms with Crippen molar-refractivity contribution in [3.8, 4) is 0 Å². The van der Waals surface area contributed by atoms with Crippen LogP contribution in [0.5, 0.6) is 0 Å². The Morgan fingerprint density at radius 1 is 0.735 bits per heavy atom. The lowest BCUT2D eigenvalue weighted by molar-refractivity contribution is 0.304. The SMILES string of the molecule is CCCN(CC=Cc1ccc2c(c1)Sc1cccc(C=CCN(CCC)CCC)c1C2)CCC. The molecule has 2 aromatic rings. The molecule has 0 aromatic heterocycles. The summed E-state index contributed by atoms with van der Waals surface area (Å²) in [6.07, 6.45) is 15.2. The first kappa shape index (κ1) is 26.8. The molecular weight excluding hydrogens is 432 g/mol. The van der Waals surface area contributed by atoms with E-state index in [2.05, 4.69) is 98.2 Å². The van der Waals surface area contributed by atoms with Crippen molar-refractivity contribution >= 4 is 23.9 Å². The molecule has 1 heterocycles. The van der Waals surface area contributed by atoms with E-state index in [1.54, 1.807) is 0 Å². The Bertz CT molecular complexity index is 934. The van der Waals surface area contributed by atoms with E-state index in [0.717, 1.165) is 19.5 Å². The van der Waals surface area contributed by atoms with E-state index in [-0.39, 0.29) is 0 Å². The van der Waals surface area contributed by atoms with Crippen LogP contribution in [0.4, 0.5) is 0 Å². The summed E-state index contributed by atoms with van der Waals surface area (Å²) in [6.45, 7) is 15.9. The molecule has 184 valence electrons. The minimum absolute atomic E-state index is 1.02. The minimum Gasteiger partial charge on any atom is -0.300 e. The summed E-state index contributed by atoms with van der Waals surface area (Å²) in [5.41, 5.74) is 5.62. The maximum atomic E-state index is 2.55. The monoisotopic (exact) mass is 476 g/mol. The Morgan fingerprint density at radius 3 is 1.97 bits per heavy atom. The standard InChI is InChI=1S/C31H44N2S/c1-5-18-32(19-6-2)22-10-12-26-16-17-28-25-29-27(13-9-15-30(29)34-31(28)24-26)14-11-23-33(20-7-3)21-8-4/h9-17,24H,5-8,18-23,25H2,1-4H3. The summed E-state index contributed by atoms with van der Waals surface area (Å²) in [5, 5.41) is 0. The van der Waals surface area contributed by atoms with Gasteiger partial charge in [-0.2, -0.15) is 0 Å². The second kappa shape index (κ2) is 14.6. The highest BCUT2D eigenvalue weighted by molar-refractivity contribution is 7.99. The van der Waals surface area contributed by atoms with Crippen molar-refractivity contribution in [3.63, 3.8) is 0 Å². The molecule has 1 aliphatic heterocycles. The van der Waals surface area contributed by atoms with E-state index in [4.69, 9.17) is 0 Å². The molecule has 3 rings (SSSR count). The van der Waals surface area contributed by atoms with E-state index in [9.17, 15) is 0 Å². The molecule has 0 spiro atoms. The predicted molar refractivity (Wildman–Crippen MR) is 152 cm³/mol. The number of rotatable bonds is 14. The van der Waals surface area contributed by atoms with Crippen molar-refractivity contribution in [3.05, 3.63) is 70.8 Å². The van der Waals surface area contributed by atoms with Gasteiger partial charge in [-0.05, 0) is 86.2 Å². The first-order valence-electron chi connectivity index (χ1n) is 13.4. The molecule has 0 radical (unpaired) electrons. The molecule has 0 fully saturated rings. The molecule has 0 N–H and O–H groups in total. The fraction of sp³-hybridized carbons (Fsp3) is 0.484. The lowest BCUT2D eigenvalue weighted by Crippen LogP contribution is -2.25. The maximum Gasteiger partial charge on any atom is 0.0166 e. The second-order valence-electron chi connectivity index (χ2n) is 9.38. The summed E-state index contributed by atoms with van der Waals surface area (Å²) in [6, 6.07) is 13.8. The van der Waals surface area contributed by atoms with Gasteiger partial charge in [0, 0.05) is 29.3 Å². The number of hydrogen-bond acceptors (Lipinski definition) is 3. The summed E-state index contributed by atoms with van der Waals surface area (Å²) < 4.78 is 0. The van der Waals surface area contributed by atoms with Gasteiger partial charge < -0.3 is 0 Å². The van der Waals surface area contributed by atoms with Crippen LogP contribution in [0.2, 0.25) is 0 Å². The van der Waals surface area contributed by atoms with E-state index < -0.39 is 0 Å². The fourth-order valence-corrected chi connectivity index (χ4v) is 5.93. The van der Waals surface area contributed by atoms with Crippen molar-refractivity contribution in [2.45, 2.75) is 69.6 Å². The normalized spacial score (nSPS) is 13.4. The number of nitrogens with zero attached hydrogens (tertiary/aromatic N) is 2. The summed E-state index contributed by atoms with van der Waals surface area (Å²) in [7, 11) is 0. The Morgan fingerprint density at radius 2 is 1.35 bits per heavy atom. The highest BCUT2D eigenvalue weighted by Gasteiger charge is 2.18. The average molecular weight is 477 g/mol. The molecule has 0 aliphatic carbocycles. The van der Waals surface area contributed by atoms with Crippen LogP contribution < -0.4 is 0 Å². The smallest absolute Gasteiger partial charge is 0.0166 e. The van der Waals surface area contributed by atoms with Gasteiger partial charge in [0.25, 0.3) is 0 Å². The third kappa shape index (κ3) is 7.86. The molecule has 0 atom stereocenters. The Kier molecular flexibility index (Phi) is 11.5. The van der Waals surface area contributed by atoms with Crippen LogP contribution in [0.3, 0.4) is 0 Å². The molecule has 0 unspecified atom stereocenters. The second-order valence-corrected chi connectivity index (χ2v) is 10.5. The average Bonchev–Trinajstić information content (AvgIpc) is 2.83. The van der Waals surface area contributed by atoms with Crippen molar-refractivity contribution in [2.24, 2.45) is 0 Å². The minimum atomic E-state index is 1.02. The third-order valence-corrected chi connectivity index (χ3v) is 7.54. The molecule has 3 heteroatoms. The molecular formula is C31H44N2S. The largest absolute Gasteiger partial charge is 0.300 e. The van der Waals surface area contributed by atoms with Crippen molar-refractivity contribution in [1.82, 2.24) is 9.80 Å². The zero-order chi connectivity index (χ0) is 24.2. The Hall–Kier alpha value is -1.81. The molecule has 0 bridgehead atoms. The number of benzene rings is 2. The first-order chi connectivity index (χ1) is 16.7. The van der Waals surface area contributed by atoms with Crippen LogP contribution >= 0.6 is 11.8 Å². The van der Waals surface area contributed by atoms with E-state index in [0.29, 0.717) is 0 Å². The van der Waals surface area contributed by atoms with Gasteiger partial charge in [0.2, 0.25) is 0 Å². The lowest BCUT2D eigenvalue weighted by Gasteiger charge is -2.22. The summed E-state index contributed by atoms with van der Waals surface area (Å²) in [4.78, 5) is 7.91. The van der Waals surface area contributed by atoms with Crippen LogP contribution in [-0.2, 0) is 6.42 Å². The Labute approximate surface area is 213 Å². The van der Waals surface area contributed by atoms with Crippen LogP contribution in [0.1, 0.15) is 75.6 Å². The van der Waals surface area contributed by atoms with Gasteiger partial charge in [0.1, 0.15) is 0 Å². The number of hydrogen-bond donors (Lipinski definition) is 0. The predicted octanol–water partition coefficient (Wildman–Crippen LogP) is 8.01. The molecule has 34 heavy (non-hydrogen) atoms. The third-order valence-electron chi connectivity index (χ3n) is 6.34. The highest BCUT2D eigenvalue weighted by Crippen LogP contribution is 2.41. The lowest BCUT2D eigenvalue weighted by atomic mass is 9.97. The van der Waals surface area contributed by atoms with Crippen LogP contribution in [0.25, 0.3) is 12.2 Å².